The van der Waals surface area contributed by atoms with Gasteiger partial charge in [0.1, 0.15) is 0 Å². The number of likely N-dealkylation sites (N-methyl/N-ethyl adjacent to an activating group) is 1. The average molecular weight is 212 g/mol. The van der Waals surface area contributed by atoms with E-state index in [4.69, 9.17) is 10.5 Å². The quantitative estimate of drug-likeness (QED) is 0.736. The molecule has 0 atom stereocenters. The van der Waals surface area contributed by atoms with Gasteiger partial charge in [0.25, 0.3) is 5.91 Å². The van der Waals surface area contributed by atoms with Crippen LogP contribution in [0.2, 0.25) is 0 Å². The van der Waals surface area contributed by atoms with Crippen molar-refractivity contribution in [1.29, 1.82) is 0 Å². The van der Waals surface area contributed by atoms with Gasteiger partial charge in [0.15, 0.2) is 5.69 Å². The number of hydrogen-bond donors (Lipinski definition) is 2. The molecule has 0 fully saturated rings. The van der Waals surface area contributed by atoms with Crippen LogP contribution in [0.5, 0.6) is 0 Å². The second-order valence-electron chi connectivity index (χ2n) is 3.33. The number of methoxy groups -OCH3 is 1. The topological polar surface area (TPSA) is 84.2 Å². The Bertz CT molecular complexity index is 348. The molecule has 1 amide bonds. The van der Waals surface area contributed by atoms with E-state index in [0.29, 0.717) is 24.5 Å². The number of anilines is 1. The number of carbonyl (C=O) groups is 1. The summed E-state index contributed by atoms with van der Waals surface area (Å²) in [5, 5.41) is 6.54. The fraction of sp³-hybridized carbons (Fsp3) is 0.556. The van der Waals surface area contributed by atoms with Crippen molar-refractivity contribution >= 4 is 11.6 Å². The summed E-state index contributed by atoms with van der Waals surface area (Å²) in [7, 11) is 3.27. The largest absolute Gasteiger partial charge is 0.395 e. The van der Waals surface area contributed by atoms with Crippen molar-refractivity contribution in [1.82, 2.24) is 15.1 Å². The molecule has 1 heterocycles. The number of carbonyl (C=O) groups excluding carboxylic acids is 1. The van der Waals surface area contributed by atoms with Crippen LogP contribution in [0.25, 0.3) is 0 Å². The second kappa shape index (κ2) is 4.79. The van der Waals surface area contributed by atoms with E-state index in [1.54, 1.807) is 21.1 Å². The normalized spacial score (nSPS) is 10.3. The van der Waals surface area contributed by atoms with Gasteiger partial charge in [0.05, 0.1) is 18.0 Å². The van der Waals surface area contributed by atoms with E-state index in [1.807, 2.05) is 0 Å². The number of H-pyrrole nitrogens is 1. The maximum atomic E-state index is 11.8. The minimum absolute atomic E-state index is 0.200. The van der Waals surface area contributed by atoms with Gasteiger partial charge in [-0.25, -0.2) is 0 Å². The summed E-state index contributed by atoms with van der Waals surface area (Å²) in [6.45, 7) is 2.78. The molecule has 1 aromatic rings. The monoisotopic (exact) mass is 212 g/mol. The molecule has 0 aliphatic rings. The highest BCUT2D eigenvalue weighted by Crippen LogP contribution is 2.13. The first-order valence-corrected chi connectivity index (χ1v) is 4.62. The SMILES string of the molecule is COCCN(C)C(=O)c1n[nH]c(C)c1N. The summed E-state index contributed by atoms with van der Waals surface area (Å²) in [4.78, 5) is 13.3. The van der Waals surface area contributed by atoms with Crippen LogP contribution in [0.4, 0.5) is 5.69 Å². The summed E-state index contributed by atoms with van der Waals surface area (Å²) < 4.78 is 4.88. The molecule has 0 saturated carbocycles. The van der Waals surface area contributed by atoms with Gasteiger partial charge < -0.3 is 15.4 Å². The molecular weight excluding hydrogens is 196 g/mol. The standard InChI is InChI=1S/C9H16N4O2/c1-6-7(10)8(12-11-6)9(14)13(2)4-5-15-3/h4-5,10H2,1-3H3,(H,11,12). The maximum Gasteiger partial charge on any atom is 0.276 e. The zero-order valence-electron chi connectivity index (χ0n) is 9.20. The van der Waals surface area contributed by atoms with Crippen LogP contribution in [-0.2, 0) is 4.74 Å². The van der Waals surface area contributed by atoms with E-state index < -0.39 is 0 Å². The molecule has 0 aromatic carbocycles. The molecule has 0 spiro atoms. The highest BCUT2D eigenvalue weighted by molar-refractivity contribution is 5.97. The number of amides is 1. The Labute approximate surface area is 88.4 Å². The molecule has 3 N–H and O–H groups in total. The van der Waals surface area contributed by atoms with Crippen molar-refractivity contribution in [2.45, 2.75) is 6.92 Å². The van der Waals surface area contributed by atoms with Gasteiger partial charge in [0, 0.05) is 20.7 Å². The van der Waals surface area contributed by atoms with Gasteiger partial charge >= 0.3 is 0 Å². The summed E-state index contributed by atoms with van der Waals surface area (Å²) in [5.41, 5.74) is 7.08. The number of nitrogens with one attached hydrogen (secondary N) is 1. The predicted octanol–water partition coefficient (Wildman–Crippen LogP) is 0.0187. The summed E-state index contributed by atoms with van der Waals surface area (Å²) >= 11 is 0. The lowest BCUT2D eigenvalue weighted by Crippen LogP contribution is -2.30. The number of aryl methyl sites for hydroxylation is 1. The Hall–Kier alpha value is -1.56. The second-order valence-corrected chi connectivity index (χ2v) is 3.33. The van der Waals surface area contributed by atoms with Gasteiger partial charge in [0.2, 0.25) is 0 Å². The molecular formula is C9H16N4O2. The van der Waals surface area contributed by atoms with E-state index in [-0.39, 0.29) is 11.6 Å². The number of nitrogen functional groups attached to an aromatic ring is 1. The number of aromatic amines is 1. The molecule has 6 nitrogen and oxygen atoms in total. The van der Waals surface area contributed by atoms with Crippen molar-refractivity contribution in [3.63, 3.8) is 0 Å². The third-order valence-electron chi connectivity index (χ3n) is 2.17. The Kier molecular flexibility index (Phi) is 3.68. The Morgan fingerprint density at radius 3 is 2.80 bits per heavy atom. The molecule has 0 aliphatic carbocycles. The van der Waals surface area contributed by atoms with E-state index in [1.165, 1.54) is 4.90 Å². The van der Waals surface area contributed by atoms with Crippen molar-refractivity contribution in [2.24, 2.45) is 0 Å². The van der Waals surface area contributed by atoms with Crippen LogP contribution in [0, 0.1) is 6.92 Å². The van der Waals surface area contributed by atoms with Crippen molar-refractivity contribution in [3.8, 4) is 0 Å². The first-order valence-electron chi connectivity index (χ1n) is 4.62. The highest BCUT2D eigenvalue weighted by Gasteiger charge is 2.18. The molecule has 0 radical (unpaired) electrons. The number of rotatable bonds is 4. The van der Waals surface area contributed by atoms with E-state index >= 15 is 0 Å². The van der Waals surface area contributed by atoms with Gasteiger partial charge in [-0.05, 0) is 6.92 Å². The lowest BCUT2D eigenvalue weighted by atomic mass is 10.3. The molecule has 1 rings (SSSR count). The van der Waals surface area contributed by atoms with Crippen LogP contribution in [0.3, 0.4) is 0 Å². The Morgan fingerprint density at radius 1 is 1.67 bits per heavy atom. The fourth-order valence-corrected chi connectivity index (χ4v) is 1.11. The van der Waals surface area contributed by atoms with Gasteiger partial charge in [-0.2, -0.15) is 5.10 Å². The van der Waals surface area contributed by atoms with E-state index in [9.17, 15) is 4.79 Å². The number of nitrogens with zero attached hydrogens (tertiary/aromatic N) is 2. The minimum Gasteiger partial charge on any atom is -0.395 e. The third kappa shape index (κ3) is 2.47. The van der Waals surface area contributed by atoms with Crippen LogP contribution in [0.1, 0.15) is 16.2 Å². The van der Waals surface area contributed by atoms with Crippen molar-refractivity contribution in [3.05, 3.63) is 11.4 Å². The molecule has 0 bridgehead atoms. The number of hydrogen-bond acceptors (Lipinski definition) is 4. The molecule has 6 heteroatoms. The van der Waals surface area contributed by atoms with Gasteiger partial charge in [-0.15, -0.1) is 0 Å². The predicted molar refractivity (Wildman–Crippen MR) is 56.6 cm³/mol. The Balaban J connectivity index is 2.72. The number of ether oxygens (including phenoxy) is 1. The lowest BCUT2D eigenvalue weighted by molar-refractivity contribution is 0.0739. The van der Waals surface area contributed by atoms with E-state index in [0.717, 1.165) is 0 Å². The highest BCUT2D eigenvalue weighted by atomic mass is 16.5. The summed E-state index contributed by atoms with van der Waals surface area (Å²) in [6, 6.07) is 0. The van der Waals surface area contributed by atoms with E-state index in [2.05, 4.69) is 10.2 Å². The zero-order chi connectivity index (χ0) is 11.4. The summed E-state index contributed by atoms with van der Waals surface area (Å²) in [5.74, 6) is -0.200. The Morgan fingerprint density at radius 2 is 2.33 bits per heavy atom. The molecule has 0 aliphatic heterocycles. The summed E-state index contributed by atoms with van der Waals surface area (Å²) in [6.07, 6.45) is 0. The van der Waals surface area contributed by atoms with Crippen LogP contribution >= 0.6 is 0 Å². The van der Waals surface area contributed by atoms with Crippen molar-refractivity contribution < 1.29 is 9.53 Å². The van der Waals surface area contributed by atoms with Gasteiger partial charge in [-0.3, -0.25) is 9.89 Å². The maximum absolute atomic E-state index is 11.8. The molecule has 15 heavy (non-hydrogen) atoms. The van der Waals surface area contributed by atoms with Crippen LogP contribution in [0.15, 0.2) is 0 Å². The number of aromatic nitrogens is 2. The average Bonchev–Trinajstić information content (AvgIpc) is 2.55. The van der Waals surface area contributed by atoms with Gasteiger partial charge in [-0.1, -0.05) is 0 Å². The van der Waals surface area contributed by atoms with Crippen LogP contribution in [-0.4, -0.2) is 48.3 Å². The first kappa shape index (κ1) is 11.5. The lowest BCUT2D eigenvalue weighted by Gasteiger charge is -2.15. The smallest absolute Gasteiger partial charge is 0.276 e. The molecule has 0 unspecified atom stereocenters. The number of nitrogens with two attached hydrogens (primary N) is 1. The first-order chi connectivity index (χ1) is 7.07. The zero-order valence-corrected chi connectivity index (χ0v) is 9.20. The van der Waals surface area contributed by atoms with Crippen molar-refractivity contribution in [2.75, 3.05) is 33.0 Å². The molecule has 0 saturated heterocycles. The third-order valence-corrected chi connectivity index (χ3v) is 2.17. The minimum atomic E-state index is -0.200. The molecule has 84 valence electrons. The fourth-order valence-electron chi connectivity index (χ4n) is 1.11. The molecule has 1 aromatic heterocycles. The van der Waals surface area contributed by atoms with Crippen LogP contribution < -0.4 is 5.73 Å².